The summed E-state index contributed by atoms with van der Waals surface area (Å²) >= 11 is 0. The van der Waals surface area contributed by atoms with Gasteiger partial charge in [-0.25, -0.2) is 9.97 Å². The first-order valence-electron chi connectivity index (χ1n) is 11.4. The van der Waals surface area contributed by atoms with Crippen LogP contribution < -0.4 is 15.0 Å². The molecular weight excluding hydrogens is 458 g/mol. The molecule has 0 unspecified atom stereocenters. The summed E-state index contributed by atoms with van der Waals surface area (Å²) in [7, 11) is 2.86. The first kappa shape index (κ1) is 25.0. The number of aliphatic hydroxyl groups excluding tert-OH is 1. The van der Waals surface area contributed by atoms with Crippen molar-refractivity contribution in [3.63, 3.8) is 0 Å². The quantitative estimate of drug-likeness (QED) is 0.469. The van der Waals surface area contributed by atoms with Gasteiger partial charge < -0.3 is 29.5 Å². The number of rotatable bonds is 9. The van der Waals surface area contributed by atoms with E-state index < -0.39 is 12.5 Å². The Morgan fingerprint density at radius 3 is 2.63 bits per heavy atom. The molecule has 2 N–H and O–H groups in total. The van der Waals surface area contributed by atoms with Crippen molar-refractivity contribution in [1.82, 2.24) is 9.97 Å². The van der Waals surface area contributed by atoms with E-state index in [0.29, 0.717) is 35.9 Å². The van der Waals surface area contributed by atoms with Crippen molar-refractivity contribution < 1.29 is 28.1 Å². The number of alkyl halides is 2. The molecule has 0 aliphatic carbocycles. The van der Waals surface area contributed by atoms with Crippen LogP contribution in [0.2, 0.25) is 0 Å². The highest BCUT2D eigenvalue weighted by atomic mass is 19.3. The van der Waals surface area contributed by atoms with E-state index in [2.05, 4.69) is 24.9 Å². The monoisotopic (exact) mass is 488 g/mol. The van der Waals surface area contributed by atoms with Crippen LogP contribution in [0.15, 0.2) is 36.4 Å². The van der Waals surface area contributed by atoms with E-state index in [-0.39, 0.29) is 24.0 Å². The number of hydrogen-bond donors (Lipinski definition) is 2. The van der Waals surface area contributed by atoms with Crippen molar-refractivity contribution in [2.75, 3.05) is 57.3 Å². The Morgan fingerprint density at radius 1 is 1.17 bits per heavy atom. The highest BCUT2D eigenvalue weighted by Crippen LogP contribution is 2.37. The van der Waals surface area contributed by atoms with E-state index in [1.807, 2.05) is 19.1 Å². The van der Waals surface area contributed by atoms with Gasteiger partial charge in [-0.15, -0.1) is 0 Å². The van der Waals surface area contributed by atoms with Crippen LogP contribution in [0.1, 0.15) is 29.9 Å². The Bertz CT molecular complexity index is 1170. The summed E-state index contributed by atoms with van der Waals surface area (Å²) in [5.41, 5.74) is 2.04. The number of benzene rings is 2. The second-order valence-electron chi connectivity index (χ2n) is 8.42. The molecule has 35 heavy (non-hydrogen) atoms. The molecule has 3 aromatic rings. The van der Waals surface area contributed by atoms with Gasteiger partial charge in [-0.05, 0) is 24.6 Å². The van der Waals surface area contributed by atoms with E-state index in [1.165, 1.54) is 19.2 Å². The standard InChI is InChI=1S/C25H30F2N4O4/c1-16(17-5-4-6-18(11-17)25(26,27)15-33-2)28-24-19-12-21(31-7-9-35-10-8-31)22(34-3)13-20(19)29-23(14-32)30-24/h4-6,11-13,16,32H,7-10,14-15H2,1-3H3,(H,28,29,30)/t16-/m1/s1. The first-order valence-corrected chi connectivity index (χ1v) is 11.4. The third kappa shape index (κ3) is 5.44. The maximum absolute atomic E-state index is 14.4. The van der Waals surface area contributed by atoms with E-state index in [0.717, 1.165) is 24.2 Å². The van der Waals surface area contributed by atoms with E-state index in [9.17, 15) is 13.9 Å². The van der Waals surface area contributed by atoms with Crippen LogP contribution in [0.3, 0.4) is 0 Å². The summed E-state index contributed by atoms with van der Waals surface area (Å²) in [5.74, 6) is -1.69. The van der Waals surface area contributed by atoms with Gasteiger partial charge in [0, 0.05) is 43.3 Å². The molecule has 8 nitrogen and oxygen atoms in total. The topological polar surface area (TPSA) is 89.0 Å². The molecule has 188 valence electrons. The zero-order valence-corrected chi connectivity index (χ0v) is 20.1. The maximum atomic E-state index is 14.4. The van der Waals surface area contributed by atoms with Crippen molar-refractivity contribution in [3.8, 4) is 5.75 Å². The zero-order valence-electron chi connectivity index (χ0n) is 20.1. The van der Waals surface area contributed by atoms with Crippen molar-refractivity contribution in [3.05, 3.63) is 53.3 Å². The Hall–Kier alpha value is -3.08. The molecule has 0 amide bonds. The number of anilines is 2. The number of hydrogen-bond acceptors (Lipinski definition) is 8. The van der Waals surface area contributed by atoms with E-state index in [1.54, 1.807) is 19.2 Å². The molecule has 0 saturated carbocycles. The normalized spacial score (nSPS) is 15.3. The molecule has 4 rings (SSSR count). The number of aromatic nitrogens is 2. The number of ether oxygens (including phenoxy) is 3. The molecule has 2 heterocycles. The fourth-order valence-corrected chi connectivity index (χ4v) is 4.18. The number of morpholine rings is 1. The van der Waals surface area contributed by atoms with Crippen LogP contribution in [-0.4, -0.2) is 62.2 Å². The van der Waals surface area contributed by atoms with Gasteiger partial charge in [-0.2, -0.15) is 8.78 Å². The van der Waals surface area contributed by atoms with Crippen molar-refractivity contribution in [2.45, 2.75) is 25.5 Å². The molecule has 1 aliphatic rings. The minimum Gasteiger partial charge on any atom is -0.495 e. The molecule has 0 radical (unpaired) electrons. The molecule has 0 spiro atoms. The smallest absolute Gasteiger partial charge is 0.296 e. The molecule has 1 atom stereocenters. The summed E-state index contributed by atoms with van der Waals surface area (Å²) in [5, 5.41) is 13.8. The van der Waals surface area contributed by atoms with Crippen LogP contribution in [0.5, 0.6) is 5.75 Å². The summed E-state index contributed by atoms with van der Waals surface area (Å²) in [6.45, 7) is 3.51. The molecule has 2 aromatic carbocycles. The predicted octanol–water partition coefficient (Wildman–Crippen LogP) is 3.88. The summed E-state index contributed by atoms with van der Waals surface area (Å²) in [6.07, 6.45) is 0. The molecular formula is C25H30F2N4O4. The van der Waals surface area contributed by atoms with Gasteiger partial charge in [0.25, 0.3) is 5.92 Å². The third-order valence-electron chi connectivity index (χ3n) is 6.02. The van der Waals surface area contributed by atoms with E-state index in [4.69, 9.17) is 9.47 Å². The minimum atomic E-state index is -3.10. The zero-order chi connectivity index (χ0) is 25.0. The highest BCUT2D eigenvalue weighted by Gasteiger charge is 2.32. The van der Waals surface area contributed by atoms with Crippen LogP contribution in [-0.2, 0) is 22.0 Å². The van der Waals surface area contributed by atoms with Crippen molar-refractivity contribution >= 4 is 22.4 Å². The summed E-state index contributed by atoms with van der Waals surface area (Å²) in [4.78, 5) is 11.1. The average Bonchev–Trinajstić information content (AvgIpc) is 2.88. The SMILES string of the molecule is COCC(F)(F)c1cccc([C@@H](C)Nc2nc(CO)nc3cc(OC)c(N4CCOCC4)cc23)c1. The predicted molar refractivity (Wildman–Crippen MR) is 129 cm³/mol. The molecule has 1 saturated heterocycles. The molecule has 0 bridgehead atoms. The Morgan fingerprint density at radius 2 is 1.94 bits per heavy atom. The van der Waals surface area contributed by atoms with Gasteiger partial charge in [0.15, 0.2) is 5.82 Å². The van der Waals surface area contributed by atoms with Gasteiger partial charge in [-0.3, -0.25) is 0 Å². The highest BCUT2D eigenvalue weighted by molar-refractivity contribution is 5.94. The average molecular weight is 489 g/mol. The second-order valence-corrected chi connectivity index (χ2v) is 8.42. The van der Waals surface area contributed by atoms with Gasteiger partial charge >= 0.3 is 0 Å². The molecule has 1 aliphatic heterocycles. The lowest BCUT2D eigenvalue weighted by Crippen LogP contribution is -2.36. The Balaban J connectivity index is 1.72. The summed E-state index contributed by atoms with van der Waals surface area (Å²) in [6, 6.07) is 9.66. The van der Waals surface area contributed by atoms with Crippen LogP contribution in [0.25, 0.3) is 10.9 Å². The number of fused-ring (bicyclic) bond motifs is 1. The lowest BCUT2D eigenvalue weighted by atomic mass is 10.0. The van der Waals surface area contributed by atoms with Gasteiger partial charge in [0.05, 0.1) is 31.5 Å². The van der Waals surface area contributed by atoms with Crippen molar-refractivity contribution in [1.29, 1.82) is 0 Å². The van der Waals surface area contributed by atoms with Crippen LogP contribution in [0.4, 0.5) is 20.3 Å². The van der Waals surface area contributed by atoms with Crippen LogP contribution in [0, 0.1) is 0 Å². The molecule has 10 heteroatoms. The van der Waals surface area contributed by atoms with Crippen LogP contribution >= 0.6 is 0 Å². The van der Waals surface area contributed by atoms with Crippen molar-refractivity contribution in [2.24, 2.45) is 0 Å². The van der Waals surface area contributed by atoms with Gasteiger partial charge in [-0.1, -0.05) is 18.2 Å². The third-order valence-corrected chi connectivity index (χ3v) is 6.02. The Kier molecular flexibility index (Phi) is 7.63. The fraction of sp³-hybridized carbons (Fsp3) is 0.440. The first-order chi connectivity index (χ1) is 16.9. The minimum absolute atomic E-state index is 0.117. The fourth-order valence-electron chi connectivity index (χ4n) is 4.18. The van der Waals surface area contributed by atoms with Gasteiger partial charge in [0.1, 0.15) is 24.8 Å². The largest absolute Gasteiger partial charge is 0.495 e. The number of nitrogens with zero attached hydrogens (tertiary/aromatic N) is 3. The maximum Gasteiger partial charge on any atom is 0.296 e. The summed E-state index contributed by atoms with van der Waals surface area (Å²) < 4.78 is 44.6. The molecule has 1 fully saturated rings. The van der Waals surface area contributed by atoms with E-state index >= 15 is 0 Å². The van der Waals surface area contributed by atoms with Gasteiger partial charge in [0.2, 0.25) is 0 Å². The number of halogens is 2. The lowest BCUT2D eigenvalue weighted by Gasteiger charge is -2.30. The lowest BCUT2D eigenvalue weighted by molar-refractivity contribution is -0.0698. The molecule has 1 aromatic heterocycles. The number of methoxy groups -OCH3 is 2. The number of nitrogens with one attached hydrogen (secondary N) is 1. The Labute approximate surface area is 202 Å². The number of aliphatic hydroxyl groups is 1. The second kappa shape index (κ2) is 10.7.